The molecule has 2 aliphatic rings. The summed E-state index contributed by atoms with van der Waals surface area (Å²) >= 11 is 0. The van der Waals surface area contributed by atoms with E-state index >= 15 is 0 Å². The van der Waals surface area contributed by atoms with Crippen LogP contribution in [0.1, 0.15) is 78.1 Å². The lowest BCUT2D eigenvalue weighted by molar-refractivity contribution is -0.147. The summed E-state index contributed by atoms with van der Waals surface area (Å²) in [5, 5.41) is 19.0. The van der Waals surface area contributed by atoms with Crippen LogP contribution in [0.2, 0.25) is 0 Å². The highest BCUT2D eigenvalue weighted by molar-refractivity contribution is 5.66. The van der Waals surface area contributed by atoms with Gasteiger partial charge >= 0.3 is 11.9 Å². The molecule has 158 valence electrons. The van der Waals surface area contributed by atoms with E-state index in [1.54, 1.807) is 0 Å². The number of carboxylic acid groups (broad SMARTS) is 1. The molecular weight excluding hydrogens is 356 g/mol. The number of aliphatic hydroxyl groups excluding tert-OH is 1. The number of carbonyl (C=O) groups excluding carboxylic acids is 1. The number of unbranched alkanes of at least 4 members (excludes halogenated alkanes) is 3. The van der Waals surface area contributed by atoms with Crippen LogP contribution < -0.4 is 0 Å². The molecule has 0 radical (unpaired) electrons. The number of allylic oxidation sites excluding steroid dienone is 2. The van der Waals surface area contributed by atoms with Gasteiger partial charge in [0.2, 0.25) is 0 Å². The van der Waals surface area contributed by atoms with Crippen molar-refractivity contribution in [1.82, 2.24) is 0 Å². The molecule has 0 amide bonds. The summed E-state index contributed by atoms with van der Waals surface area (Å²) < 4.78 is 5.58. The fourth-order valence-corrected chi connectivity index (χ4v) is 4.69. The highest BCUT2D eigenvalue weighted by Gasteiger charge is 2.45. The zero-order valence-electron chi connectivity index (χ0n) is 17.3. The number of carboxylic acids is 1. The molecule has 5 atom stereocenters. The van der Waals surface area contributed by atoms with Gasteiger partial charge in [0.05, 0.1) is 6.10 Å². The molecule has 5 unspecified atom stereocenters. The normalized spacial score (nSPS) is 27.6. The van der Waals surface area contributed by atoms with Crippen molar-refractivity contribution in [3.05, 3.63) is 23.8 Å². The SMILES string of the molecule is CCCCCC(O)C=CC1C(OC(C)=O)CC2C=C(CCCCC(=O)O)CC21. The third-order valence-corrected chi connectivity index (χ3v) is 6.04. The maximum Gasteiger partial charge on any atom is 0.303 e. The molecule has 1 saturated carbocycles. The molecular formula is C23H36O5. The van der Waals surface area contributed by atoms with E-state index in [2.05, 4.69) is 19.1 Å². The molecule has 0 saturated heterocycles. The number of fused-ring (bicyclic) bond motifs is 1. The standard InChI is InChI=1S/C23H36O5/c1-3-4-5-9-19(25)11-12-20-21-14-17(8-6-7-10-23(26)27)13-18(21)15-22(20)28-16(2)24/h11-13,18-22,25H,3-10,14-15H2,1-2H3,(H,26,27). The molecule has 0 aliphatic heterocycles. The number of aliphatic carboxylic acids is 1. The summed E-state index contributed by atoms with van der Waals surface area (Å²) in [6.07, 6.45) is 14.4. The average Bonchev–Trinajstić information content (AvgIpc) is 3.14. The number of hydrogen-bond acceptors (Lipinski definition) is 4. The molecule has 2 rings (SSSR count). The molecule has 28 heavy (non-hydrogen) atoms. The number of ether oxygens (including phenoxy) is 1. The van der Waals surface area contributed by atoms with Crippen LogP contribution in [0.4, 0.5) is 0 Å². The van der Waals surface area contributed by atoms with Gasteiger partial charge in [0.15, 0.2) is 0 Å². The zero-order chi connectivity index (χ0) is 20.5. The molecule has 2 aliphatic carbocycles. The highest BCUT2D eigenvalue weighted by atomic mass is 16.5. The Morgan fingerprint density at radius 2 is 2.07 bits per heavy atom. The van der Waals surface area contributed by atoms with Crippen LogP contribution in [0, 0.1) is 17.8 Å². The van der Waals surface area contributed by atoms with Gasteiger partial charge in [-0.2, -0.15) is 0 Å². The van der Waals surface area contributed by atoms with Crippen molar-refractivity contribution in [2.45, 2.75) is 90.3 Å². The van der Waals surface area contributed by atoms with Crippen molar-refractivity contribution in [1.29, 1.82) is 0 Å². The lowest BCUT2D eigenvalue weighted by atomic mass is 9.88. The van der Waals surface area contributed by atoms with Gasteiger partial charge in [-0.1, -0.05) is 50.0 Å². The molecule has 5 nitrogen and oxygen atoms in total. The zero-order valence-corrected chi connectivity index (χ0v) is 17.3. The Balaban J connectivity index is 1.92. The predicted octanol–water partition coefficient (Wildman–Crippen LogP) is 4.64. The third kappa shape index (κ3) is 7.08. The number of rotatable bonds is 12. The molecule has 0 aromatic carbocycles. The van der Waals surface area contributed by atoms with Gasteiger partial charge in [0.25, 0.3) is 0 Å². The molecule has 0 aromatic rings. The predicted molar refractivity (Wildman–Crippen MR) is 109 cm³/mol. The van der Waals surface area contributed by atoms with Crippen LogP contribution in [0.25, 0.3) is 0 Å². The van der Waals surface area contributed by atoms with Crippen LogP contribution in [0.5, 0.6) is 0 Å². The van der Waals surface area contributed by atoms with Crippen LogP contribution in [0.3, 0.4) is 0 Å². The number of hydrogen-bond donors (Lipinski definition) is 2. The van der Waals surface area contributed by atoms with Crippen molar-refractivity contribution in [3.63, 3.8) is 0 Å². The summed E-state index contributed by atoms with van der Waals surface area (Å²) in [6.45, 7) is 3.61. The average molecular weight is 393 g/mol. The van der Waals surface area contributed by atoms with Crippen molar-refractivity contribution in [2.24, 2.45) is 17.8 Å². The second kappa shape index (κ2) is 11.4. The Labute approximate surface area is 168 Å². The van der Waals surface area contributed by atoms with E-state index in [0.717, 1.165) is 51.4 Å². The fourth-order valence-electron chi connectivity index (χ4n) is 4.69. The lowest BCUT2D eigenvalue weighted by Crippen LogP contribution is -2.23. The van der Waals surface area contributed by atoms with E-state index in [4.69, 9.17) is 9.84 Å². The van der Waals surface area contributed by atoms with Crippen molar-refractivity contribution >= 4 is 11.9 Å². The summed E-state index contributed by atoms with van der Waals surface area (Å²) in [6, 6.07) is 0. The first-order valence-corrected chi connectivity index (χ1v) is 10.9. The Morgan fingerprint density at radius 1 is 1.29 bits per heavy atom. The molecule has 5 heteroatoms. The van der Waals surface area contributed by atoms with Crippen LogP contribution in [-0.4, -0.2) is 34.4 Å². The summed E-state index contributed by atoms with van der Waals surface area (Å²) in [5.41, 5.74) is 1.41. The number of esters is 1. The Hall–Kier alpha value is -1.62. The molecule has 1 fully saturated rings. The second-order valence-corrected chi connectivity index (χ2v) is 8.37. The Bertz CT molecular complexity index is 580. The first-order chi connectivity index (χ1) is 13.4. The molecule has 0 bridgehead atoms. The minimum absolute atomic E-state index is 0.114. The number of aliphatic hydroxyl groups is 1. The molecule has 0 spiro atoms. The van der Waals surface area contributed by atoms with E-state index in [1.807, 2.05) is 6.08 Å². The van der Waals surface area contributed by atoms with Gasteiger partial charge in [0.1, 0.15) is 6.10 Å². The maximum atomic E-state index is 11.5. The minimum Gasteiger partial charge on any atom is -0.481 e. The number of carbonyl (C=O) groups is 2. The molecule has 0 heterocycles. The van der Waals surface area contributed by atoms with Gasteiger partial charge in [-0.05, 0) is 50.4 Å². The topological polar surface area (TPSA) is 83.8 Å². The van der Waals surface area contributed by atoms with Gasteiger partial charge in [0, 0.05) is 19.3 Å². The van der Waals surface area contributed by atoms with Crippen molar-refractivity contribution < 1.29 is 24.5 Å². The second-order valence-electron chi connectivity index (χ2n) is 8.37. The van der Waals surface area contributed by atoms with Gasteiger partial charge in [-0.25, -0.2) is 0 Å². The van der Waals surface area contributed by atoms with E-state index < -0.39 is 12.1 Å². The fraction of sp³-hybridized carbons (Fsp3) is 0.739. The minimum atomic E-state index is -0.732. The van der Waals surface area contributed by atoms with Crippen LogP contribution >= 0.6 is 0 Å². The Kier molecular flexibility index (Phi) is 9.23. The Morgan fingerprint density at radius 3 is 2.75 bits per heavy atom. The maximum absolute atomic E-state index is 11.5. The summed E-state index contributed by atoms with van der Waals surface area (Å²) in [7, 11) is 0. The monoisotopic (exact) mass is 392 g/mol. The van der Waals surface area contributed by atoms with Crippen LogP contribution in [0.15, 0.2) is 23.8 Å². The first kappa shape index (κ1) is 22.7. The van der Waals surface area contributed by atoms with Crippen molar-refractivity contribution in [2.75, 3.05) is 0 Å². The molecule has 2 N–H and O–H groups in total. The highest BCUT2D eigenvalue weighted by Crippen LogP contribution is 2.49. The summed E-state index contributed by atoms with van der Waals surface area (Å²) in [5.74, 6) is -0.0138. The van der Waals surface area contributed by atoms with E-state index in [0.29, 0.717) is 18.3 Å². The van der Waals surface area contributed by atoms with E-state index in [-0.39, 0.29) is 24.4 Å². The van der Waals surface area contributed by atoms with E-state index in [9.17, 15) is 14.7 Å². The van der Waals surface area contributed by atoms with Crippen molar-refractivity contribution in [3.8, 4) is 0 Å². The van der Waals surface area contributed by atoms with Gasteiger partial charge in [-0.3, -0.25) is 9.59 Å². The lowest BCUT2D eigenvalue weighted by Gasteiger charge is -2.22. The molecule has 0 aromatic heterocycles. The quantitative estimate of drug-likeness (QED) is 0.287. The largest absolute Gasteiger partial charge is 0.481 e. The van der Waals surface area contributed by atoms with Gasteiger partial charge in [-0.15, -0.1) is 0 Å². The smallest absolute Gasteiger partial charge is 0.303 e. The van der Waals surface area contributed by atoms with Gasteiger partial charge < -0.3 is 14.9 Å². The first-order valence-electron chi connectivity index (χ1n) is 10.9. The van der Waals surface area contributed by atoms with E-state index in [1.165, 1.54) is 12.5 Å². The third-order valence-electron chi connectivity index (χ3n) is 6.04. The summed E-state index contributed by atoms with van der Waals surface area (Å²) in [4.78, 5) is 22.2. The van der Waals surface area contributed by atoms with Crippen LogP contribution in [-0.2, 0) is 14.3 Å².